The molecule has 0 unspecified atom stereocenters. The van der Waals surface area contributed by atoms with Gasteiger partial charge in [-0.2, -0.15) is 0 Å². The van der Waals surface area contributed by atoms with Gasteiger partial charge in [-0.1, -0.05) is 18.2 Å². The average molecular weight is 293 g/mol. The van der Waals surface area contributed by atoms with E-state index in [2.05, 4.69) is 20.3 Å². The smallest absolute Gasteiger partial charge is 0.270 e. The van der Waals surface area contributed by atoms with Crippen molar-refractivity contribution in [1.82, 2.24) is 19.9 Å². The molecule has 1 amide bonds. The Morgan fingerprint density at radius 3 is 2.91 bits per heavy atom. The minimum Gasteiger partial charge on any atom is -0.362 e. The number of amides is 1. The highest BCUT2D eigenvalue weighted by Gasteiger charge is 2.32. The molecular formula is C16H15N5O. The summed E-state index contributed by atoms with van der Waals surface area (Å²) in [5, 5.41) is 4.32. The lowest BCUT2D eigenvalue weighted by Crippen LogP contribution is -2.57. The Kier molecular flexibility index (Phi) is 3.00. The SMILES string of the molecule is O=C(c1cc2ccccc2[nH]1)N1CC(Nc2cnccn2)C1. The number of carbonyl (C=O) groups is 1. The minimum absolute atomic E-state index is 0.0356. The monoisotopic (exact) mass is 293 g/mol. The van der Waals surface area contributed by atoms with Crippen molar-refractivity contribution >= 4 is 22.6 Å². The lowest BCUT2D eigenvalue weighted by molar-refractivity contribution is 0.0620. The fraction of sp³-hybridized carbons (Fsp3) is 0.188. The Labute approximate surface area is 127 Å². The molecule has 1 aliphatic heterocycles. The van der Waals surface area contributed by atoms with Crippen molar-refractivity contribution in [2.24, 2.45) is 0 Å². The van der Waals surface area contributed by atoms with Crippen molar-refractivity contribution in [1.29, 1.82) is 0 Å². The van der Waals surface area contributed by atoms with Gasteiger partial charge < -0.3 is 15.2 Å². The molecule has 0 saturated carbocycles. The van der Waals surface area contributed by atoms with Gasteiger partial charge in [0, 0.05) is 36.4 Å². The molecule has 1 fully saturated rings. The Bertz CT molecular complexity index is 775. The molecule has 6 nitrogen and oxygen atoms in total. The molecule has 0 aliphatic carbocycles. The standard InChI is InChI=1S/C16H15N5O/c22-16(14-7-11-3-1-2-4-13(11)20-14)21-9-12(10-21)19-15-8-17-5-6-18-15/h1-8,12,20H,9-10H2,(H,18,19). The van der Waals surface area contributed by atoms with Gasteiger partial charge in [-0.3, -0.25) is 9.78 Å². The zero-order valence-corrected chi connectivity index (χ0v) is 11.9. The normalized spacial score (nSPS) is 14.8. The second kappa shape index (κ2) is 5.14. The summed E-state index contributed by atoms with van der Waals surface area (Å²) in [6.07, 6.45) is 4.97. The molecule has 0 spiro atoms. The number of benzene rings is 1. The third-order valence-electron chi connectivity index (χ3n) is 3.84. The number of hydrogen-bond acceptors (Lipinski definition) is 4. The molecule has 2 N–H and O–H groups in total. The van der Waals surface area contributed by atoms with Crippen LogP contribution in [0.1, 0.15) is 10.5 Å². The summed E-state index contributed by atoms with van der Waals surface area (Å²) >= 11 is 0. The van der Waals surface area contributed by atoms with Gasteiger partial charge in [0.2, 0.25) is 0 Å². The summed E-state index contributed by atoms with van der Waals surface area (Å²) in [4.78, 5) is 25.6. The van der Waals surface area contributed by atoms with Crippen molar-refractivity contribution in [3.8, 4) is 0 Å². The van der Waals surface area contributed by atoms with Crippen molar-refractivity contribution in [2.75, 3.05) is 18.4 Å². The van der Waals surface area contributed by atoms with E-state index in [1.807, 2.05) is 35.2 Å². The summed E-state index contributed by atoms with van der Waals surface area (Å²) in [5.41, 5.74) is 1.62. The number of carbonyl (C=O) groups excluding carboxylic acids is 1. The fourth-order valence-electron chi connectivity index (χ4n) is 2.68. The molecule has 22 heavy (non-hydrogen) atoms. The molecule has 4 rings (SSSR count). The number of rotatable bonds is 3. The van der Waals surface area contributed by atoms with Crippen LogP contribution in [-0.2, 0) is 0 Å². The minimum atomic E-state index is 0.0356. The van der Waals surface area contributed by atoms with Gasteiger partial charge >= 0.3 is 0 Å². The maximum atomic E-state index is 12.4. The highest BCUT2D eigenvalue weighted by Crippen LogP contribution is 2.19. The number of aromatic nitrogens is 3. The quantitative estimate of drug-likeness (QED) is 0.773. The number of para-hydroxylation sites is 1. The van der Waals surface area contributed by atoms with E-state index in [4.69, 9.17) is 0 Å². The van der Waals surface area contributed by atoms with Gasteiger partial charge in [-0.25, -0.2) is 4.98 Å². The third kappa shape index (κ3) is 2.28. The maximum Gasteiger partial charge on any atom is 0.270 e. The highest BCUT2D eigenvalue weighted by molar-refractivity contribution is 5.98. The van der Waals surface area contributed by atoms with Crippen LogP contribution in [0.3, 0.4) is 0 Å². The molecule has 1 aromatic carbocycles. The van der Waals surface area contributed by atoms with E-state index in [1.165, 1.54) is 0 Å². The lowest BCUT2D eigenvalue weighted by Gasteiger charge is -2.39. The topological polar surface area (TPSA) is 73.9 Å². The van der Waals surface area contributed by atoms with Gasteiger partial charge in [0.1, 0.15) is 11.5 Å². The van der Waals surface area contributed by atoms with Crippen LogP contribution in [0, 0.1) is 0 Å². The van der Waals surface area contributed by atoms with Gasteiger partial charge in [-0.05, 0) is 12.1 Å². The number of anilines is 1. The average Bonchev–Trinajstić information content (AvgIpc) is 2.95. The summed E-state index contributed by atoms with van der Waals surface area (Å²) < 4.78 is 0. The molecule has 110 valence electrons. The van der Waals surface area contributed by atoms with E-state index < -0.39 is 0 Å². The first-order chi connectivity index (χ1) is 10.8. The summed E-state index contributed by atoms with van der Waals surface area (Å²) in [7, 11) is 0. The molecule has 2 aromatic heterocycles. The first kappa shape index (κ1) is 12.8. The van der Waals surface area contributed by atoms with E-state index in [9.17, 15) is 4.79 Å². The molecule has 1 aliphatic rings. The number of fused-ring (bicyclic) bond motifs is 1. The first-order valence-corrected chi connectivity index (χ1v) is 7.19. The first-order valence-electron chi connectivity index (χ1n) is 7.19. The molecule has 3 aromatic rings. The van der Waals surface area contributed by atoms with E-state index in [1.54, 1.807) is 18.6 Å². The zero-order valence-electron chi connectivity index (χ0n) is 11.9. The Balaban J connectivity index is 1.41. The lowest BCUT2D eigenvalue weighted by atomic mass is 10.1. The number of likely N-dealkylation sites (tertiary alicyclic amines) is 1. The van der Waals surface area contributed by atoms with Crippen LogP contribution >= 0.6 is 0 Å². The second-order valence-corrected chi connectivity index (χ2v) is 5.41. The van der Waals surface area contributed by atoms with E-state index in [-0.39, 0.29) is 11.9 Å². The number of nitrogens with zero attached hydrogens (tertiary/aromatic N) is 3. The van der Waals surface area contributed by atoms with E-state index >= 15 is 0 Å². The van der Waals surface area contributed by atoms with Crippen molar-refractivity contribution in [2.45, 2.75) is 6.04 Å². The number of nitrogens with one attached hydrogen (secondary N) is 2. The molecule has 1 saturated heterocycles. The van der Waals surface area contributed by atoms with Crippen LogP contribution < -0.4 is 5.32 Å². The number of aromatic amines is 1. The molecule has 0 radical (unpaired) electrons. The number of H-pyrrole nitrogens is 1. The highest BCUT2D eigenvalue weighted by atomic mass is 16.2. The maximum absolute atomic E-state index is 12.4. The third-order valence-corrected chi connectivity index (χ3v) is 3.84. The van der Waals surface area contributed by atoms with E-state index in [0.717, 1.165) is 16.7 Å². The van der Waals surface area contributed by atoms with Crippen LogP contribution in [0.4, 0.5) is 5.82 Å². The molecule has 0 bridgehead atoms. The van der Waals surface area contributed by atoms with Crippen LogP contribution in [0.2, 0.25) is 0 Å². The predicted octanol–water partition coefficient (Wildman–Crippen LogP) is 1.89. The van der Waals surface area contributed by atoms with Crippen LogP contribution in [0.15, 0.2) is 48.9 Å². The van der Waals surface area contributed by atoms with E-state index in [0.29, 0.717) is 18.8 Å². The van der Waals surface area contributed by atoms with Gasteiger partial charge in [0.05, 0.1) is 12.2 Å². The Hall–Kier alpha value is -2.89. The summed E-state index contributed by atoms with van der Waals surface area (Å²) in [5.74, 6) is 0.776. The zero-order chi connectivity index (χ0) is 14.9. The Morgan fingerprint density at radius 1 is 1.27 bits per heavy atom. The Morgan fingerprint density at radius 2 is 2.14 bits per heavy atom. The van der Waals surface area contributed by atoms with Crippen molar-refractivity contribution in [3.63, 3.8) is 0 Å². The summed E-state index contributed by atoms with van der Waals surface area (Å²) in [6.45, 7) is 1.34. The number of hydrogen-bond donors (Lipinski definition) is 2. The van der Waals surface area contributed by atoms with Crippen LogP contribution in [0.5, 0.6) is 0 Å². The second-order valence-electron chi connectivity index (χ2n) is 5.41. The van der Waals surface area contributed by atoms with Crippen LogP contribution in [-0.4, -0.2) is 44.9 Å². The van der Waals surface area contributed by atoms with Crippen LogP contribution in [0.25, 0.3) is 10.9 Å². The molecule has 6 heteroatoms. The van der Waals surface area contributed by atoms with Gasteiger partial charge in [-0.15, -0.1) is 0 Å². The molecule has 0 atom stereocenters. The predicted molar refractivity (Wildman–Crippen MR) is 83.6 cm³/mol. The molecule has 3 heterocycles. The van der Waals surface area contributed by atoms with Gasteiger partial charge in [0.25, 0.3) is 5.91 Å². The van der Waals surface area contributed by atoms with Crippen molar-refractivity contribution in [3.05, 3.63) is 54.6 Å². The summed E-state index contributed by atoms with van der Waals surface area (Å²) in [6, 6.07) is 10.0. The van der Waals surface area contributed by atoms with Gasteiger partial charge in [0.15, 0.2) is 0 Å². The largest absolute Gasteiger partial charge is 0.362 e. The fourth-order valence-corrected chi connectivity index (χ4v) is 2.68. The molecular weight excluding hydrogens is 278 g/mol. The van der Waals surface area contributed by atoms with Crippen molar-refractivity contribution < 1.29 is 4.79 Å².